The molecule has 0 radical (unpaired) electrons. The Labute approximate surface area is 110 Å². The van der Waals surface area contributed by atoms with Crippen molar-refractivity contribution in [2.24, 2.45) is 11.3 Å². The zero-order valence-corrected chi connectivity index (χ0v) is 10.4. The number of halogens is 2. The molecular formula is C14H14F2N2O. The van der Waals surface area contributed by atoms with Crippen LogP contribution in [0.3, 0.4) is 0 Å². The zero-order chi connectivity index (χ0) is 13.5. The SMILES string of the molecule is N#Cc1ccncc1OCC1CC2(C1)CC(F)(F)C2. The fourth-order valence-electron chi connectivity index (χ4n) is 3.41. The molecule has 19 heavy (non-hydrogen) atoms. The van der Waals surface area contributed by atoms with Crippen LogP contribution < -0.4 is 4.74 Å². The normalized spacial score (nSPS) is 23.2. The van der Waals surface area contributed by atoms with E-state index >= 15 is 0 Å². The Balaban J connectivity index is 1.49. The van der Waals surface area contributed by atoms with Gasteiger partial charge in [0.25, 0.3) is 0 Å². The van der Waals surface area contributed by atoms with Gasteiger partial charge in [-0.25, -0.2) is 8.78 Å². The van der Waals surface area contributed by atoms with Crippen molar-refractivity contribution in [1.82, 2.24) is 4.98 Å². The van der Waals surface area contributed by atoms with E-state index in [1.807, 2.05) is 6.07 Å². The minimum absolute atomic E-state index is 0.0346. The number of rotatable bonds is 3. The number of alkyl halides is 2. The molecule has 0 atom stereocenters. The van der Waals surface area contributed by atoms with Crippen molar-refractivity contribution in [3.8, 4) is 11.8 Å². The highest BCUT2D eigenvalue weighted by Gasteiger charge is 2.61. The summed E-state index contributed by atoms with van der Waals surface area (Å²) in [6.45, 7) is 0.480. The van der Waals surface area contributed by atoms with Gasteiger partial charge in [-0.1, -0.05) is 0 Å². The average Bonchev–Trinajstić information content (AvgIpc) is 2.31. The van der Waals surface area contributed by atoms with Gasteiger partial charge in [-0.05, 0) is 30.2 Å². The van der Waals surface area contributed by atoms with Crippen LogP contribution in [0.2, 0.25) is 0 Å². The number of ether oxygens (including phenoxy) is 1. The minimum Gasteiger partial charge on any atom is -0.490 e. The summed E-state index contributed by atoms with van der Waals surface area (Å²) in [6.07, 6.45) is 4.75. The topological polar surface area (TPSA) is 45.9 Å². The first-order valence-corrected chi connectivity index (χ1v) is 6.37. The predicted octanol–water partition coefficient (Wildman–Crippen LogP) is 3.16. The predicted molar refractivity (Wildman–Crippen MR) is 63.8 cm³/mol. The standard InChI is InChI=1S/C14H14F2N2O/c15-14(16)8-13(9-14)3-10(4-13)7-19-12-6-18-2-1-11(12)5-17/h1-2,6,10H,3-4,7-9H2. The van der Waals surface area contributed by atoms with Crippen LogP contribution in [0.4, 0.5) is 8.78 Å². The van der Waals surface area contributed by atoms with Gasteiger partial charge in [0.05, 0.1) is 18.4 Å². The lowest BCUT2D eigenvalue weighted by atomic mass is 9.50. The quantitative estimate of drug-likeness (QED) is 0.842. The second-order valence-corrected chi connectivity index (χ2v) is 5.78. The van der Waals surface area contributed by atoms with E-state index in [-0.39, 0.29) is 18.3 Å². The largest absolute Gasteiger partial charge is 0.490 e. The van der Waals surface area contributed by atoms with Gasteiger partial charge in [0, 0.05) is 19.0 Å². The van der Waals surface area contributed by atoms with E-state index in [0.29, 0.717) is 23.8 Å². The Hall–Kier alpha value is -1.70. The maximum atomic E-state index is 12.9. The average molecular weight is 264 g/mol. The third-order valence-electron chi connectivity index (χ3n) is 4.09. The molecule has 2 fully saturated rings. The number of nitriles is 1. The first kappa shape index (κ1) is 12.3. The highest BCUT2D eigenvalue weighted by Crippen LogP contribution is 2.64. The van der Waals surface area contributed by atoms with E-state index < -0.39 is 5.92 Å². The second kappa shape index (κ2) is 4.16. The number of pyridine rings is 1. The van der Waals surface area contributed by atoms with E-state index in [1.54, 1.807) is 12.3 Å². The highest BCUT2D eigenvalue weighted by molar-refractivity contribution is 5.40. The molecule has 0 aliphatic heterocycles. The molecule has 1 spiro atoms. The lowest BCUT2D eigenvalue weighted by Crippen LogP contribution is -2.54. The molecule has 0 saturated heterocycles. The van der Waals surface area contributed by atoms with Crippen molar-refractivity contribution >= 4 is 0 Å². The molecule has 0 unspecified atom stereocenters. The van der Waals surface area contributed by atoms with E-state index in [0.717, 1.165) is 12.8 Å². The molecule has 100 valence electrons. The summed E-state index contributed by atoms with van der Waals surface area (Å²) in [4.78, 5) is 3.91. The molecule has 0 aromatic carbocycles. The lowest BCUT2D eigenvalue weighted by Gasteiger charge is -2.57. The van der Waals surface area contributed by atoms with Crippen LogP contribution in [-0.2, 0) is 0 Å². The van der Waals surface area contributed by atoms with Crippen LogP contribution in [0.5, 0.6) is 5.75 Å². The molecule has 2 aliphatic carbocycles. The van der Waals surface area contributed by atoms with Crippen molar-refractivity contribution in [2.75, 3.05) is 6.61 Å². The Bertz CT molecular complexity index is 522. The molecule has 3 rings (SSSR count). The summed E-state index contributed by atoms with van der Waals surface area (Å²) < 4.78 is 31.3. The molecule has 2 saturated carbocycles. The fourth-order valence-corrected chi connectivity index (χ4v) is 3.41. The van der Waals surface area contributed by atoms with E-state index in [1.165, 1.54) is 6.20 Å². The molecule has 0 N–H and O–H groups in total. The smallest absolute Gasteiger partial charge is 0.249 e. The number of aromatic nitrogens is 1. The van der Waals surface area contributed by atoms with Gasteiger partial charge in [0.15, 0.2) is 5.75 Å². The molecule has 1 aromatic heterocycles. The van der Waals surface area contributed by atoms with Crippen LogP contribution in [0.25, 0.3) is 0 Å². The highest BCUT2D eigenvalue weighted by atomic mass is 19.3. The third kappa shape index (κ3) is 2.27. The van der Waals surface area contributed by atoms with Gasteiger partial charge >= 0.3 is 0 Å². The Kier molecular flexibility index (Phi) is 2.70. The Morgan fingerprint density at radius 3 is 2.79 bits per heavy atom. The van der Waals surface area contributed by atoms with Crippen molar-refractivity contribution in [1.29, 1.82) is 5.26 Å². The van der Waals surface area contributed by atoms with Gasteiger partial charge in [0.2, 0.25) is 5.92 Å². The van der Waals surface area contributed by atoms with Crippen LogP contribution in [0.1, 0.15) is 31.2 Å². The number of nitrogens with zero attached hydrogens (tertiary/aromatic N) is 2. The van der Waals surface area contributed by atoms with Crippen LogP contribution in [0, 0.1) is 22.7 Å². The molecule has 0 amide bonds. The van der Waals surface area contributed by atoms with Crippen LogP contribution in [0.15, 0.2) is 18.5 Å². The number of hydrogen-bond donors (Lipinski definition) is 0. The summed E-state index contributed by atoms with van der Waals surface area (Å²) in [5.41, 5.74) is 0.337. The molecule has 0 bridgehead atoms. The molecule has 2 aliphatic rings. The third-order valence-corrected chi connectivity index (χ3v) is 4.09. The first-order chi connectivity index (χ1) is 9.02. The van der Waals surface area contributed by atoms with Crippen molar-refractivity contribution in [2.45, 2.75) is 31.6 Å². The van der Waals surface area contributed by atoms with Crippen molar-refractivity contribution in [3.05, 3.63) is 24.0 Å². The molecule has 3 nitrogen and oxygen atoms in total. The van der Waals surface area contributed by atoms with Gasteiger partial charge in [-0.3, -0.25) is 4.98 Å². The minimum atomic E-state index is -2.44. The van der Waals surface area contributed by atoms with E-state index in [9.17, 15) is 8.78 Å². The number of hydrogen-bond acceptors (Lipinski definition) is 3. The van der Waals surface area contributed by atoms with Crippen molar-refractivity contribution in [3.63, 3.8) is 0 Å². The maximum absolute atomic E-state index is 12.9. The fraction of sp³-hybridized carbons (Fsp3) is 0.571. The maximum Gasteiger partial charge on any atom is 0.249 e. The summed E-state index contributed by atoms with van der Waals surface area (Å²) in [5.74, 6) is -1.64. The van der Waals surface area contributed by atoms with Gasteiger partial charge in [-0.15, -0.1) is 0 Å². The molecular weight excluding hydrogens is 250 g/mol. The first-order valence-electron chi connectivity index (χ1n) is 6.37. The van der Waals surface area contributed by atoms with Crippen LogP contribution >= 0.6 is 0 Å². The van der Waals surface area contributed by atoms with Crippen molar-refractivity contribution < 1.29 is 13.5 Å². The molecule has 5 heteroatoms. The molecule has 1 heterocycles. The van der Waals surface area contributed by atoms with Gasteiger partial charge in [0.1, 0.15) is 6.07 Å². The second-order valence-electron chi connectivity index (χ2n) is 5.78. The van der Waals surface area contributed by atoms with E-state index in [2.05, 4.69) is 4.98 Å². The van der Waals surface area contributed by atoms with Gasteiger partial charge < -0.3 is 4.74 Å². The lowest BCUT2D eigenvalue weighted by molar-refractivity contribution is -0.209. The van der Waals surface area contributed by atoms with Crippen LogP contribution in [-0.4, -0.2) is 17.5 Å². The summed E-state index contributed by atoms with van der Waals surface area (Å²) in [6, 6.07) is 3.64. The van der Waals surface area contributed by atoms with Gasteiger partial charge in [-0.2, -0.15) is 5.26 Å². The summed E-state index contributed by atoms with van der Waals surface area (Å²) in [7, 11) is 0. The Morgan fingerprint density at radius 1 is 1.42 bits per heavy atom. The van der Waals surface area contributed by atoms with E-state index in [4.69, 9.17) is 10.00 Å². The molecule has 1 aromatic rings. The summed E-state index contributed by atoms with van der Waals surface area (Å²) >= 11 is 0. The Morgan fingerprint density at radius 2 is 2.16 bits per heavy atom. The summed E-state index contributed by atoms with van der Waals surface area (Å²) in [5, 5.41) is 8.90. The zero-order valence-electron chi connectivity index (χ0n) is 10.4. The monoisotopic (exact) mass is 264 g/mol.